The third-order valence-corrected chi connectivity index (χ3v) is 4.15. The van der Waals surface area contributed by atoms with E-state index in [4.69, 9.17) is 0 Å². The Morgan fingerprint density at radius 1 is 1.06 bits per heavy atom. The molecule has 0 saturated heterocycles. The average Bonchev–Trinajstić information content (AvgIpc) is 2.41. The van der Waals surface area contributed by atoms with Crippen LogP contribution in [0.5, 0.6) is 0 Å². The third kappa shape index (κ3) is 3.19. The molecule has 1 heteroatoms. The molecule has 0 spiro atoms. The summed E-state index contributed by atoms with van der Waals surface area (Å²) >= 11 is 0. The van der Waals surface area contributed by atoms with Gasteiger partial charge in [-0.2, -0.15) is 0 Å². The van der Waals surface area contributed by atoms with Gasteiger partial charge in [0.1, 0.15) is 6.04 Å². The molecule has 1 unspecified atom stereocenters. The second-order valence-electron chi connectivity index (χ2n) is 4.66. The Bertz CT molecular complexity index is 316. The van der Waals surface area contributed by atoms with Crippen LogP contribution in [0.4, 0.5) is 0 Å². The summed E-state index contributed by atoms with van der Waals surface area (Å²) in [6.45, 7) is 14.4. The van der Waals surface area contributed by atoms with Crippen molar-refractivity contribution in [3.63, 3.8) is 0 Å². The van der Waals surface area contributed by atoms with Crippen LogP contribution in [0, 0.1) is 0 Å². The maximum absolute atomic E-state index is 4.05. The van der Waals surface area contributed by atoms with Crippen LogP contribution in [-0.2, 0) is 6.42 Å². The fourth-order valence-electron chi connectivity index (χ4n) is 2.73. The summed E-state index contributed by atoms with van der Waals surface area (Å²) in [5.41, 5.74) is 1.41. The van der Waals surface area contributed by atoms with Gasteiger partial charge in [-0.05, 0) is 32.4 Å². The summed E-state index contributed by atoms with van der Waals surface area (Å²) in [5, 5.41) is 0. The van der Waals surface area contributed by atoms with Gasteiger partial charge in [-0.3, -0.25) is 0 Å². The topological polar surface area (TPSA) is 0 Å². The van der Waals surface area contributed by atoms with E-state index in [2.05, 4.69) is 63.8 Å². The first-order valence-electron chi connectivity index (χ1n) is 6.74. The predicted molar refractivity (Wildman–Crippen MR) is 76.0 cm³/mol. The molecule has 1 nitrogen and oxygen atoms in total. The highest BCUT2D eigenvalue weighted by Gasteiger charge is 2.29. The Balaban J connectivity index is 2.87. The van der Waals surface area contributed by atoms with E-state index in [1.54, 1.807) is 0 Å². The van der Waals surface area contributed by atoms with Crippen LogP contribution in [0.3, 0.4) is 0 Å². The fraction of sp³-hybridized carbons (Fsp3) is 0.500. The molecule has 0 aliphatic rings. The van der Waals surface area contributed by atoms with Crippen LogP contribution in [0.1, 0.15) is 26.3 Å². The Morgan fingerprint density at radius 3 is 2.00 bits per heavy atom. The molecular formula is C16H26N+. The van der Waals surface area contributed by atoms with E-state index in [-0.39, 0.29) is 0 Å². The molecule has 17 heavy (non-hydrogen) atoms. The molecule has 0 aliphatic carbocycles. The monoisotopic (exact) mass is 232 g/mol. The zero-order valence-electron chi connectivity index (χ0n) is 11.5. The van der Waals surface area contributed by atoms with E-state index >= 15 is 0 Å². The minimum atomic E-state index is 0.525. The molecule has 0 saturated carbocycles. The van der Waals surface area contributed by atoms with E-state index in [9.17, 15) is 0 Å². The van der Waals surface area contributed by atoms with Crippen LogP contribution in [-0.4, -0.2) is 30.2 Å². The van der Waals surface area contributed by atoms with Gasteiger partial charge in [0.05, 0.1) is 19.6 Å². The number of nitrogens with zero attached hydrogens (tertiary/aromatic N) is 1. The van der Waals surface area contributed by atoms with E-state index in [1.165, 1.54) is 25.2 Å². The number of hydrogen-bond acceptors (Lipinski definition) is 0. The molecule has 0 amide bonds. The van der Waals surface area contributed by atoms with Crippen molar-refractivity contribution in [1.82, 2.24) is 0 Å². The van der Waals surface area contributed by atoms with Crippen molar-refractivity contribution < 1.29 is 4.48 Å². The fourth-order valence-corrected chi connectivity index (χ4v) is 2.73. The van der Waals surface area contributed by atoms with Gasteiger partial charge in [0.2, 0.25) is 0 Å². The first-order chi connectivity index (χ1) is 8.22. The Kier molecular flexibility index (Phi) is 5.43. The van der Waals surface area contributed by atoms with Crippen LogP contribution in [0.2, 0.25) is 0 Å². The molecule has 0 aliphatic heterocycles. The summed E-state index contributed by atoms with van der Waals surface area (Å²) in [4.78, 5) is 0. The maximum Gasteiger partial charge on any atom is 0.111 e. The highest BCUT2D eigenvalue weighted by atomic mass is 15.4. The van der Waals surface area contributed by atoms with E-state index in [1.807, 2.05) is 0 Å². The van der Waals surface area contributed by atoms with Crippen molar-refractivity contribution in [3.8, 4) is 0 Å². The van der Waals surface area contributed by atoms with Crippen LogP contribution < -0.4 is 0 Å². The highest BCUT2D eigenvalue weighted by Crippen LogP contribution is 2.18. The van der Waals surface area contributed by atoms with Crippen molar-refractivity contribution >= 4 is 0 Å². The lowest BCUT2D eigenvalue weighted by Gasteiger charge is -2.42. The molecule has 0 fully saturated rings. The molecule has 1 aromatic carbocycles. The quantitative estimate of drug-likeness (QED) is 0.497. The first kappa shape index (κ1) is 14.0. The minimum absolute atomic E-state index is 0.525. The van der Waals surface area contributed by atoms with Gasteiger partial charge in [-0.25, -0.2) is 0 Å². The number of hydrogen-bond donors (Lipinski definition) is 0. The zero-order chi connectivity index (χ0) is 12.7. The van der Waals surface area contributed by atoms with Gasteiger partial charge in [0.15, 0.2) is 0 Å². The Morgan fingerprint density at radius 2 is 1.59 bits per heavy atom. The van der Waals surface area contributed by atoms with Crippen molar-refractivity contribution in [2.45, 2.75) is 33.2 Å². The number of rotatable bonds is 7. The third-order valence-electron chi connectivity index (χ3n) is 4.15. The number of benzene rings is 1. The molecule has 0 bridgehead atoms. The van der Waals surface area contributed by atoms with Gasteiger partial charge >= 0.3 is 0 Å². The molecule has 94 valence electrons. The normalized spacial score (nSPS) is 13.4. The summed E-state index contributed by atoms with van der Waals surface area (Å²) in [6, 6.07) is 11.3. The molecule has 1 atom stereocenters. The van der Waals surface area contributed by atoms with Crippen molar-refractivity contribution in [2.24, 2.45) is 0 Å². The molecule has 1 rings (SSSR count). The van der Waals surface area contributed by atoms with Crippen LogP contribution in [0.25, 0.3) is 0 Å². The minimum Gasteiger partial charge on any atom is -0.318 e. The lowest BCUT2D eigenvalue weighted by atomic mass is 10.0. The molecule has 0 radical (unpaired) electrons. The highest BCUT2D eigenvalue weighted by molar-refractivity contribution is 5.16. The lowest BCUT2D eigenvalue weighted by molar-refractivity contribution is -0.940. The smallest absolute Gasteiger partial charge is 0.111 e. The van der Waals surface area contributed by atoms with Crippen molar-refractivity contribution in [1.29, 1.82) is 0 Å². The lowest BCUT2D eigenvalue weighted by Crippen LogP contribution is -2.55. The second kappa shape index (κ2) is 6.61. The number of likely N-dealkylation sites (N-methyl/N-ethyl adjacent to an activating group) is 1. The van der Waals surface area contributed by atoms with Crippen molar-refractivity contribution in [2.75, 3.05) is 19.6 Å². The summed E-state index contributed by atoms with van der Waals surface area (Å²) in [6.07, 6.45) is 3.24. The molecular weight excluding hydrogens is 206 g/mol. The van der Waals surface area contributed by atoms with Crippen LogP contribution >= 0.6 is 0 Å². The summed E-state index contributed by atoms with van der Waals surface area (Å²) < 4.78 is 1.14. The first-order valence-corrected chi connectivity index (χ1v) is 6.74. The van der Waals surface area contributed by atoms with E-state index in [0.29, 0.717) is 6.04 Å². The SMILES string of the molecule is C=CC(Cc1ccccc1)[N+](CC)(CC)CC. The van der Waals surface area contributed by atoms with Gasteiger partial charge in [0, 0.05) is 6.42 Å². The zero-order valence-corrected chi connectivity index (χ0v) is 11.5. The predicted octanol–water partition coefficient (Wildman–Crippen LogP) is 3.66. The average molecular weight is 232 g/mol. The van der Waals surface area contributed by atoms with E-state index < -0.39 is 0 Å². The van der Waals surface area contributed by atoms with Crippen molar-refractivity contribution in [3.05, 3.63) is 48.6 Å². The van der Waals surface area contributed by atoms with Gasteiger partial charge in [-0.1, -0.05) is 36.9 Å². The van der Waals surface area contributed by atoms with Gasteiger partial charge in [-0.15, -0.1) is 0 Å². The Labute approximate surface area is 106 Å². The standard InChI is InChI=1S/C16H26N/c1-5-16(17(6-2,7-3)8-4)14-15-12-10-9-11-13-15/h5,9-13,16H,1,6-8,14H2,2-4H3/q+1. The van der Waals surface area contributed by atoms with E-state index in [0.717, 1.165) is 10.9 Å². The second-order valence-corrected chi connectivity index (χ2v) is 4.66. The maximum atomic E-state index is 4.05. The largest absolute Gasteiger partial charge is 0.318 e. The number of quaternary nitrogens is 1. The molecule has 0 aromatic heterocycles. The van der Waals surface area contributed by atoms with Crippen LogP contribution in [0.15, 0.2) is 43.0 Å². The van der Waals surface area contributed by atoms with Gasteiger partial charge < -0.3 is 4.48 Å². The van der Waals surface area contributed by atoms with Gasteiger partial charge in [0.25, 0.3) is 0 Å². The molecule has 0 N–H and O–H groups in total. The summed E-state index contributed by atoms with van der Waals surface area (Å²) in [7, 11) is 0. The molecule has 0 heterocycles. The molecule has 1 aromatic rings. The summed E-state index contributed by atoms with van der Waals surface area (Å²) in [5.74, 6) is 0. The Hall–Kier alpha value is -1.08.